The number of allylic oxidation sites excluding steroid dienone is 2. The van der Waals surface area contributed by atoms with Crippen molar-refractivity contribution in [1.82, 2.24) is 0 Å². The predicted molar refractivity (Wildman–Crippen MR) is 46.4 cm³/mol. The molecule has 0 aromatic heterocycles. The maximum Gasteiger partial charge on any atom is 0.0373 e. The molecule has 10 heavy (non-hydrogen) atoms. The average Bonchev–Trinajstić information content (AvgIpc) is 1.88. The molecule has 0 aromatic carbocycles. The Labute approximate surface area is 68.3 Å². The van der Waals surface area contributed by atoms with Crippen molar-refractivity contribution in [2.45, 2.75) is 38.5 Å². The maximum absolute atomic E-state index is 5.94. The van der Waals surface area contributed by atoms with Crippen molar-refractivity contribution in [3.63, 3.8) is 0 Å². The quantitative estimate of drug-likeness (QED) is 0.406. The summed E-state index contributed by atoms with van der Waals surface area (Å²) in [6.45, 7) is 4.50. The zero-order valence-electron chi connectivity index (χ0n) is 6.73. The Morgan fingerprint density at radius 1 is 1.60 bits per heavy atom. The van der Waals surface area contributed by atoms with Gasteiger partial charge in [-0.15, -0.1) is 11.6 Å². The highest BCUT2D eigenvalue weighted by atomic mass is 35.5. The van der Waals surface area contributed by atoms with Crippen LogP contribution >= 0.6 is 11.6 Å². The highest BCUT2D eigenvalue weighted by molar-refractivity contribution is 6.20. The van der Waals surface area contributed by atoms with Crippen LogP contribution in [-0.4, -0.2) is 5.38 Å². The van der Waals surface area contributed by atoms with Crippen molar-refractivity contribution < 1.29 is 0 Å². The van der Waals surface area contributed by atoms with Gasteiger partial charge in [-0.05, 0) is 25.2 Å². The Kier molecular flexibility index (Phi) is 2.79. The lowest BCUT2D eigenvalue weighted by atomic mass is 9.91. The first-order valence-corrected chi connectivity index (χ1v) is 4.47. The second-order valence-corrected chi connectivity index (χ2v) is 3.92. The largest absolute Gasteiger partial charge is 0.123 e. The highest BCUT2D eigenvalue weighted by Gasteiger charge is 2.12. The number of halogens is 1. The molecule has 0 radical (unpaired) electrons. The van der Waals surface area contributed by atoms with Gasteiger partial charge in [-0.25, -0.2) is 0 Å². The molecule has 0 amide bonds. The van der Waals surface area contributed by atoms with E-state index in [-0.39, 0.29) is 0 Å². The first-order chi connectivity index (χ1) is 4.70. The summed E-state index contributed by atoms with van der Waals surface area (Å²) in [4.78, 5) is 0. The molecule has 58 valence electrons. The van der Waals surface area contributed by atoms with E-state index >= 15 is 0 Å². The molecule has 1 aliphatic carbocycles. The maximum atomic E-state index is 5.94. The van der Waals surface area contributed by atoms with Crippen LogP contribution in [0.1, 0.15) is 33.1 Å². The third kappa shape index (κ3) is 2.02. The fourth-order valence-electron chi connectivity index (χ4n) is 1.35. The van der Waals surface area contributed by atoms with Crippen molar-refractivity contribution in [2.24, 2.45) is 5.92 Å². The molecule has 1 unspecified atom stereocenters. The minimum atomic E-state index is 0.405. The lowest BCUT2D eigenvalue weighted by Gasteiger charge is -2.19. The minimum Gasteiger partial charge on any atom is -0.123 e. The van der Waals surface area contributed by atoms with Gasteiger partial charge >= 0.3 is 0 Å². The first-order valence-electron chi connectivity index (χ1n) is 4.03. The molecular weight excluding hydrogens is 144 g/mol. The van der Waals surface area contributed by atoms with Gasteiger partial charge in [-0.2, -0.15) is 0 Å². The molecule has 1 atom stereocenters. The first kappa shape index (κ1) is 8.13. The molecule has 1 rings (SSSR count). The van der Waals surface area contributed by atoms with Gasteiger partial charge in [-0.3, -0.25) is 0 Å². The second kappa shape index (κ2) is 3.43. The van der Waals surface area contributed by atoms with E-state index in [1.165, 1.54) is 12.8 Å². The summed E-state index contributed by atoms with van der Waals surface area (Å²) in [5.74, 6) is 0.726. The smallest absolute Gasteiger partial charge is 0.0373 e. The normalized spacial score (nSPS) is 26.8. The van der Waals surface area contributed by atoms with Crippen LogP contribution in [0.15, 0.2) is 11.6 Å². The summed E-state index contributed by atoms with van der Waals surface area (Å²) in [6, 6.07) is 0. The molecule has 0 bridgehead atoms. The second-order valence-electron chi connectivity index (χ2n) is 3.31. The van der Waals surface area contributed by atoms with Crippen molar-refractivity contribution >= 4 is 11.6 Å². The van der Waals surface area contributed by atoms with Crippen molar-refractivity contribution in [3.05, 3.63) is 11.6 Å². The number of rotatable bonds is 1. The Hall–Kier alpha value is 0.0300. The van der Waals surface area contributed by atoms with Crippen LogP contribution in [0.25, 0.3) is 0 Å². The summed E-state index contributed by atoms with van der Waals surface area (Å²) in [5, 5.41) is 0.405. The monoisotopic (exact) mass is 158 g/mol. The van der Waals surface area contributed by atoms with E-state index in [9.17, 15) is 0 Å². The molecule has 0 aliphatic heterocycles. The topological polar surface area (TPSA) is 0 Å². The van der Waals surface area contributed by atoms with E-state index in [1.54, 1.807) is 5.57 Å². The summed E-state index contributed by atoms with van der Waals surface area (Å²) < 4.78 is 0. The number of hydrogen-bond donors (Lipinski definition) is 0. The third-order valence-corrected chi connectivity index (χ3v) is 2.52. The Bertz CT molecular complexity index is 136. The van der Waals surface area contributed by atoms with Crippen molar-refractivity contribution in [3.8, 4) is 0 Å². The van der Waals surface area contributed by atoms with Gasteiger partial charge in [0.15, 0.2) is 0 Å². The van der Waals surface area contributed by atoms with Gasteiger partial charge in [0.05, 0.1) is 0 Å². The van der Waals surface area contributed by atoms with Crippen LogP contribution in [0.2, 0.25) is 0 Å². The van der Waals surface area contributed by atoms with Crippen molar-refractivity contribution in [2.75, 3.05) is 0 Å². The van der Waals surface area contributed by atoms with E-state index in [0.717, 1.165) is 12.3 Å². The average molecular weight is 159 g/mol. The van der Waals surface area contributed by atoms with E-state index in [2.05, 4.69) is 19.9 Å². The number of hydrogen-bond acceptors (Lipinski definition) is 0. The molecule has 0 fully saturated rings. The van der Waals surface area contributed by atoms with Crippen molar-refractivity contribution in [1.29, 1.82) is 0 Å². The Balaban J connectivity index is 2.48. The van der Waals surface area contributed by atoms with Crippen LogP contribution in [-0.2, 0) is 0 Å². The summed E-state index contributed by atoms with van der Waals surface area (Å²) in [7, 11) is 0. The van der Waals surface area contributed by atoms with Gasteiger partial charge in [0.2, 0.25) is 0 Å². The zero-order chi connectivity index (χ0) is 7.56. The van der Waals surface area contributed by atoms with Gasteiger partial charge in [0.25, 0.3) is 0 Å². The van der Waals surface area contributed by atoms with Gasteiger partial charge in [0.1, 0.15) is 0 Å². The fourth-order valence-corrected chi connectivity index (χ4v) is 1.55. The molecule has 0 aromatic rings. The van der Waals surface area contributed by atoms with E-state index < -0.39 is 0 Å². The lowest BCUT2D eigenvalue weighted by molar-refractivity contribution is 0.625. The van der Waals surface area contributed by atoms with Crippen LogP contribution < -0.4 is 0 Å². The van der Waals surface area contributed by atoms with Crippen LogP contribution in [0.5, 0.6) is 0 Å². The van der Waals surface area contributed by atoms with E-state index in [0.29, 0.717) is 5.38 Å². The van der Waals surface area contributed by atoms with Crippen LogP contribution in [0, 0.1) is 5.92 Å². The third-order valence-electron chi connectivity index (χ3n) is 2.12. The fraction of sp³-hybridized carbons (Fsp3) is 0.778. The van der Waals surface area contributed by atoms with Crippen LogP contribution in [0.3, 0.4) is 0 Å². The molecule has 0 nitrogen and oxygen atoms in total. The summed E-state index contributed by atoms with van der Waals surface area (Å²) >= 11 is 5.94. The molecule has 0 saturated heterocycles. The Morgan fingerprint density at radius 2 is 2.30 bits per heavy atom. The standard InChI is InChI=1S/C9H15Cl/c1-7(2)8-3-5-9(10)6-4-8/h3,7,9H,4-6H2,1-2H3. The lowest BCUT2D eigenvalue weighted by Crippen LogP contribution is -2.07. The molecular formula is C9H15Cl. The van der Waals surface area contributed by atoms with Gasteiger partial charge in [0, 0.05) is 5.38 Å². The van der Waals surface area contributed by atoms with E-state index in [1.807, 2.05) is 0 Å². The highest BCUT2D eigenvalue weighted by Crippen LogP contribution is 2.26. The van der Waals surface area contributed by atoms with E-state index in [4.69, 9.17) is 11.6 Å². The molecule has 1 heteroatoms. The predicted octanol–water partition coefficient (Wildman–Crippen LogP) is 3.36. The Morgan fingerprint density at radius 3 is 2.70 bits per heavy atom. The molecule has 0 saturated carbocycles. The molecule has 0 heterocycles. The SMILES string of the molecule is CC(C)C1=CCC(Cl)CC1. The molecule has 0 spiro atoms. The number of alkyl halides is 1. The van der Waals surface area contributed by atoms with Crippen LogP contribution in [0.4, 0.5) is 0 Å². The molecule has 0 N–H and O–H groups in total. The zero-order valence-corrected chi connectivity index (χ0v) is 7.49. The molecule has 1 aliphatic rings. The minimum absolute atomic E-state index is 0.405. The summed E-state index contributed by atoms with van der Waals surface area (Å²) in [5.41, 5.74) is 1.59. The summed E-state index contributed by atoms with van der Waals surface area (Å²) in [6.07, 6.45) is 5.78. The van der Waals surface area contributed by atoms with Gasteiger partial charge in [-0.1, -0.05) is 25.5 Å². The van der Waals surface area contributed by atoms with Gasteiger partial charge < -0.3 is 0 Å².